The third kappa shape index (κ3) is 3.77. The van der Waals surface area contributed by atoms with Crippen LogP contribution in [0.3, 0.4) is 0 Å². The number of benzene rings is 1. The van der Waals surface area contributed by atoms with Crippen molar-refractivity contribution in [3.8, 4) is 0 Å². The van der Waals surface area contributed by atoms with Gasteiger partial charge in [0, 0.05) is 18.7 Å². The van der Waals surface area contributed by atoms with Crippen molar-refractivity contribution in [1.82, 2.24) is 10.2 Å². The third-order valence-electron chi connectivity index (χ3n) is 4.07. The molecule has 106 valence electrons. The molecule has 0 aromatic heterocycles. The number of rotatable bonds is 5. The number of hydrogen-bond donors (Lipinski definition) is 1. The molecule has 1 fully saturated rings. The molecule has 1 aromatic carbocycles. The van der Waals surface area contributed by atoms with Gasteiger partial charge in [0.15, 0.2) is 0 Å². The first kappa shape index (κ1) is 14.5. The fraction of sp³-hybridized carbons (Fsp3) is 0.625. The molecule has 2 nitrogen and oxygen atoms in total. The van der Waals surface area contributed by atoms with Crippen LogP contribution in [0.1, 0.15) is 30.9 Å². The predicted octanol–water partition coefficient (Wildman–Crippen LogP) is 2.82. The van der Waals surface area contributed by atoms with Gasteiger partial charge in [-0.25, -0.2) is 4.39 Å². The van der Waals surface area contributed by atoms with Crippen molar-refractivity contribution in [3.05, 3.63) is 35.1 Å². The van der Waals surface area contributed by atoms with Gasteiger partial charge < -0.3 is 5.32 Å². The van der Waals surface area contributed by atoms with Crippen LogP contribution in [0.5, 0.6) is 0 Å². The molecule has 3 heteroatoms. The molecule has 1 heterocycles. The van der Waals surface area contributed by atoms with Crippen LogP contribution in [0, 0.1) is 11.7 Å². The number of nitrogens with zero attached hydrogens (tertiary/aromatic N) is 1. The van der Waals surface area contributed by atoms with Crippen LogP contribution < -0.4 is 5.32 Å². The number of aryl methyl sites for hydroxylation is 1. The van der Waals surface area contributed by atoms with E-state index >= 15 is 0 Å². The Balaban J connectivity index is 2.04. The van der Waals surface area contributed by atoms with E-state index in [4.69, 9.17) is 0 Å². The van der Waals surface area contributed by atoms with Gasteiger partial charge in [-0.3, -0.25) is 4.90 Å². The normalized spacial score (nSPS) is 20.7. The Hall–Kier alpha value is -0.930. The Morgan fingerprint density at radius 2 is 2.26 bits per heavy atom. The second-order valence-electron chi connectivity index (χ2n) is 5.53. The van der Waals surface area contributed by atoms with E-state index < -0.39 is 0 Å². The molecular weight excluding hydrogens is 239 g/mol. The molecule has 1 atom stereocenters. The lowest BCUT2D eigenvalue weighted by atomic mass is 9.96. The summed E-state index contributed by atoms with van der Waals surface area (Å²) in [5, 5.41) is 3.26. The number of nitrogens with one attached hydrogen (secondary N) is 1. The minimum atomic E-state index is -0.0462. The first-order valence-electron chi connectivity index (χ1n) is 7.37. The van der Waals surface area contributed by atoms with Crippen molar-refractivity contribution >= 4 is 0 Å². The molecule has 1 aliphatic heterocycles. The van der Waals surface area contributed by atoms with Gasteiger partial charge in [-0.1, -0.05) is 19.1 Å². The SMILES string of the molecule is CCc1cccc(F)c1CN1CCCC(CNC)C1. The van der Waals surface area contributed by atoms with Crippen molar-refractivity contribution in [2.75, 3.05) is 26.7 Å². The lowest BCUT2D eigenvalue weighted by Gasteiger charge is -2.33. The quantitative estimate of drug-likeness (QED) is 0.880. The molecule has 0 spiro atoms. The second-order valence-corrected chi connectivity index (χ2v) is 5.53. The molecule has 1 aliphatic rings. The van der Waals surface area contributed by atoms with Gasteiger partial charge >= 0.3 is 0 Å². The highest BCUT2D eigenvalue weighted by molar-refractivity contribution is 5.28. The van der Waals surface area contributed by atoms with Gasteiger partial charge in [0.05, 0.1) is 0 Å². The number of hydrogen-bond acceptors (Lipinski definition) is 2. The number of likely N-dealkylation sites (tertiary alicyclic amines) is 1. The van der Waals surface area contributed by atoms with Crippen molar-refractivity contribution < 1.29 is 4.39 Å². The van der Waals surface area contributed by atoms with Crippen LogP contribution in [-0.4, -0.2) is 31.6 Å². The predicted molar refractivity (Wildman–Crippen MR) is 77.7 cm³/mol. The highest BCUT2D eigenvalue weighted by Gasteiger charge is 2.21. The lowest BCUT2D eigenvalue weighted by Crippen LogP contribution is -2.38. The second kappa shape index (κ2) is 7.01. The number of halogens is 1. The summed E-state index contributed by atoms with van der Waals surface area (Å²) in [5.74, 6) is 0.658. The van der Waals surface area contributed by atoms with E-state index in [9.17, 15) is 4.39 Å². The van der Waals surface area contributed by atoms with Gasteiger partial charge in [0.2, 0.25) is 0 Å². The largest absolute Gasteiger partial charge is 0.319 e. The maximum Gasteiger partial charge on any atom is 0.127 e. The van der Waals surface area contributed by atoms with Crippen LogP contribution in [0.4, 0.5) is 4.39 Å². The van der Waals surface area contributed by atoms with Crippen LogP contribution in [0.2, 0.25) is 0 Å². The smallest absolute Gasteiger partial charge is 0.127 e. The van der Waals surface area contributed by atoms with E-state index in [-0.39, 0.29) is 5.82 Å². The molecule has 0 saturated carbocycles. The summed E-state index contributed by atoms with van der Waals surface area (Å²) in [7, 11) is 2.00. The highest BCUT2D eigenvalue weighted by atomic mass is 19.1. The zero-order valence-corrected chi connectivity index (χ0v) is 12.1. The van der Waals surface area contributed by atoms with E-state index in [1.165, 1.54) is 12.8 Å². The first-order chi connectivity index (χ1) is 9.24. The van der Waals surface area contributed by atoms with Gasteiger partial charge in [-0.2, -0.15) is 0 Å². The van der Waals surface area contributed by atoms with Crippen molar-refractivity contribution in [2.24, 2.45) is 5.92 Å². The Kier molecular flexibility index (Phi) is 5.34. The molecule has 1 saturated heterocycles. The zero-order valence-electron chi connectivity index (χ0n) is 12.1. The first-order valence-corrected chi connectivity index (χ1v) is 7.37. The summed E-state index contributed by atoms with van der Waals surface area (Å²) >= 11 is 0. The maximum atomic E-state index is 14.0. The molecule has 0 radical (unpaired) electrons. The van der Waals surface area contributed by atoms with Gasteiger partial charge in [0.1, 0.15) is 5.82 Å². The van der Waals surface area contributed by atoms with Gasteiger partial charge in [0.25, 0.3) is 0 Å². The molecule has 1 unspecified atom stereocenters. The molecule has 19 heavy (non-hydrogen) atoms. The van der Waals surface area contributed by atoms with Crippen molar-refractivity contribution in [2.45, 2.75) is 32.7 Å². The van der Waals surface area contributed by atoms with Gasteiger partial charge in [-0.15, -0.1) is 0 Å². The minimum Gasteiger partial charge on any atom is -0.319 e. The molecule has 1 N–H and O–H groups in total. The summed E-state index contributed by atoms with van der Waals surface area (Å²) in [5.41, 5.74) is 2.05. The van der Waals surface area contributed by atoms with Crippen molar-refractivity contribution in [3.63, 3.8) is 0 Å². The molecule has 2 rings (SSSR count). The van der Waals surface area contributed by atoms with Crippen LogP contribution in [0.15, 0.2) is 18.2 Å². The maximum absolute atomic E-state index is 14.0. The van der Waals surface area contributed by atoms with E-state index in [1.54, 1.807) is 6.07 Å². The summed E-state index contributed by atoms with van der Waals surface area (Å²) in [4.78, 5) is 2.41. The molecular formula is C16H25FN2. The fourth-order valence-electron chi connectivity index (χ4n) is 3.09. The van der Waals surface area contributed by atoms with E-state index in [2.05, 4.69) is 17.1 Å². The lowest BCUT2D eigenvalue weighted by molar-refractivity contribution is 0.165. The molecule has 0 bridgehead atoms. The average molecular weight is 264 g/mol. The Morgan fingerprint density at radius 3 is 3.00 bits per heavy atom. The minimum absolute atomic E-state index is 0.0462. The monoisotopic (exact) mass is 264 g/mol. The van der Waals surface area contributed by atoms with E-state index in [0.29, 0.717) is 5.92 Å². The van der Waals surface area contributed by atoms with Crippen LogP contribution >= 0.6 is 0 Å². The van der Waals surface area contributed by atoms with Crippen molar-refractivity contribution in [1.29, 1.82) is 0 Å². The Bertz CT molecular complexity index is 404. The van der Waals surface area contributed by atoms with E-state index in [1.807, 2.05) is 19.2 Å². The fourth-order valence-corrected chi connectivity index (χ4v) is 3.09. The third-order valence-corrected chi connectivity index (χ3v) is 4.07. The summed E-state index contributed by atoms with van der Waals surface area (Å²) in [6, 6.07) is 5.45. The summed E-state index contributed by atoms with van der Waals surface area (Å²) in [6.45, 7) is 6.10. The van der Waals surface area contributed by atoms with E-state index in [0.717, 1.165) is 43.7 Å². The summed E-state index contributed by atoms with van der Waals surface area (Å²) < 4.78 is 14.0. The van der Waals surface area contributed by atoms with Crippen LogP contribution in [-0.2, 0) is 13.0 Å². The Morgan fingerprint density at radius 1 is 1.42 bits per heavy atom. The summed E-state index contributed by atoms with van der Waals surface area (Å²) in [6.07, 6.45) is 3.42. The zero-order chi connectivity index (χ0) is 13.7. The molecule has 0 amide bonds. The standard InChI is InChI=1S/C16H25FN2/c1-3-14-7-4-8-16(17)15(14)12-19-9-5-6-13(11-19)10-18-2/h4,7-8,13,18H,3,5-6,9-12H2,1-2H3. The molecule has 1 aromatic rings. The van der Waals surface area contributed by atoms with Gasteiger partial charge in [-0.05, 0) is 56.9 Å². The molecule has 0 aliphatic carbocycles. The topological polar surface area (TPSA) is 15.3 Å². The Labute approximate surface area is 116 Å². The average Bonchev–Trinajstić information content (AvgIpc) is 2.42. The highest BCUT2D eigenvalue weighted by Crippen LogP contribution is 2.21. The number of piperidine rings is 1. The van der Waals surface area contributed by atoms with Crippen LogP contribution in [0.25, 0.3) is 0 Å².